The summed E-state index contributed by atoms with van der Waals surface area (Å²) < 4.78 is 19.0. The van der Waals surface area contributed by atoms with Crippen LogP contribution in [0.2, 0.25) is 5.02 Å². The van der Waals surface area contributed by atoms with Crippen molar-refractivity contribution in [3.63, 3.8) is 0 Å². The van der Waals surface area contributed by atoms with E-state index in [1.165, 1.54) is 30.3 Å². The van der Waals surface area contributed by atoms with Gasteiger partial charge in [0.2, 0.25) is 5.75 Å². The van der Waals surface area contributed by atoms with Crippen LogP contribution in [-0.4, -0.2) is 4.92 Å². The first-order chi connectivity index (χ1) is 8.97. The van der Waals surface area contributed by atoms with E-state index < -0.39 is 10.7 Å². The number of nitrogens with zero attached hydrogens (tertiary/aromatic N) is 1. The number of halogens is 3. The number of benzene rings is 2. The van der Waals surface area contributed by atoms with E-state index in [-0.39, 0.29) is 22.2 Å². The maximum Gasteiger partial charge on any atom is 0.311 e. The van der Waals surface area contributed by atoms with Crippen LogP contribution in [0.25, 0.3) is 0 Å². The molecule has 0 saturated carbocycles. The molecule has 0 aliphatic rings. The molecule has 0 saturated heterocycles. The molecule has 0 spiro atoms. The highest BCUT2D eigenvalue weighted by molar-refractivity contribution is 9.10. The Kier molecular flexibility index (Phi) is 4.01. The van der Waals surface area contributed by atoms with Gasteiger partial charge in [-0.2, -0.15) is 0 Å². The molecule has 0 N–H and O–H groups in total. The van der Waals surface area contributed by atoms with Gasteiger partial charge < -0.3 is 4.74 Å². The minimum absolute atomic E-state index is 0.0520. The molecule has 4 nitrogen and oxygen atoms in total. The van der Waals surface area contributed by atoms with Gasteiger partial charge in [0.05, 0.1) is 9.40 Å². The number of nitro benzene ring substituents is 1. The third kappa shape index (κ3) is 3.21. The smallest absolute Gasteiger partial charge is 0.311 e. The monoisotopic (exact) mass is 345 g/mol. The van der Waals surface area contributed by atoms with Gasteiger partial charge in [-0.1, -0.05) is 11.6 Å². The van der Waals surface area contributed by atoms with Crippen LogP contribution < -0.4 is 4.74 Å². The predicted octanol–water partition coefficient (Wildman–Crippen LogP) is 4.94. The summed E-state index contributed by atoms with van der Waals surface area (Å²) in [6, 6.07) is 7.72. The van der Waals surface area contributed by atoms with Crippen molar-refractivity contribution in [3.8, 4) is 11.5 Å². The summed E-state index contributed by atoms with van der Waals surface area (Å²) in [7, 11) is 0. The zero-order chi connectivity index (χ0) is 14.0. The second kappa shape index (κ2) is 5.54. The van der Waals surface area contributed by atoms with Gasteiger partial charge in [0.25, 0.3) is 0 Å². The molecule has 0 radical (unpaired) electrons. The minimum atomic E-state index is -0.598. The van der Waals surface area contributed by atoms with Gasteiger partial charge in [0.15, 0.2) is 0 Å². The van der Waals surface area contributed by atoms with Gasteiger partial charge >= 0.3 is 5.69 Å². The lowest BCUT2D eigenvalue weighted by Crippen LogP contribution is -1.94. The molecule has 0 fully saturated rings. The van der Waals surface area contributed by atoms with Crippen LogP contribution in [0.4, 0.5) is 10.1 Å². The maximum absolute atomic E-state index is 13.1. The van der Waals surface area contributed by atoms with Gasteiger partial charge in [-0.3, -0.25) is 10.1 Å². The quantitative estimate of drug-likeness (QED) is 0.584. The Morgan fingerprint density at radius 2 is 1.95 bits per heavy atom. The lowest BCUT2D eigenvalue weighted by Gasteiger charge is -2.08. The molecule has 19 heavy (non-hydrogen) atoms. The van der Waals surface area contributed by atoms with E-state index >= 15 is 0 Å². The molecule has 0 aliphatic carbocycles. The van der Waals surface area contributed by atoms with Crippen molar-refractivity contribution < 1.29 is 14.1 Å². The van der Waals surface area contributed by atoms with E-state index in [2.05, 4.69) is 15.9 Å². The summed E-state index contributed by atoms with van der Waals surface area (Å²) in [5.74, 6) is -0.433. The molecule has 0 bridgehead atoms. The van der Waals surface area contributed by atoms with Crippen molar-refractivity contribution in [2.75, 3.05) is 0 Å². The molecule has 0 amide bonds. The zero-order valence-corrected chi connectivity index (χ0v) is 11.6. The molecule has 0 unspecified atom stereocenters. The van der Waals surface area contributed by atoms with Crippen molar-refractivity contribution >= 4 is 33.2 Å². The van der Waals surface area contributed by atoms with Crippen LogP contribution in [0.3, 0.4) is 0 Å². The molecular weight excluding hydrogens is 340 g/mol. The summed E-state index contributed by atoms with van der Waals surface area (Å²) in [5.41, 5.74) is -0.249. The highest BCUT2D eigenvalue weighted by atomic mass is 79.9. The normalized spacial score (nSPS) is 10.3. The van der Waals surface area contributed by atoms with Crippen LogP contribution in [0, 0.1) is 15.9 Å². The largest absolute Gasteiger partial charge is 0.449 e. The highest BCUT2D eigenvalue weighted by Crippen LogP contribution is 2.36. The molecule has 2 aromatic rings. The first-order valence-corrected chi connectivity index (χ1v) is 6.21. The van der Waals surface area contributed by atoms with Crippen LogP contribution in [0.5, 0.6) is 11.5 Å². The fourth-order valence-corrected chi connectivity index (χ4v) is 1.88. The Hall–Kier alpha value is -1.66. The van der Waals surface area contributed by atoms with Gasteiger partial charge in [-0.15, -0.1) is 0 Å². The second-order valence-electron chi connectivity index (χ2n) is 3.55. The summed E-state index contributed by atoms with van der Waals surface area (Å²) in [6.07, 6.45) is 0. The third-order valence-corrected chi connectivity index (χ3v) is 3.12. The second-order valence-corrected chi connectivity index (χ2v) is 4.84. The molecule has 0 atom stereocenters. The molecular formula is C12H6BrClFNO3. The van der Waals surface area contributed by atoms with Gasteiger partial charge in [-0.05, 0) is 34.1 Å². The molecule has 0 aliphatic heterocycles. The first-order valence-electron chi connectivity index (χ1n) is 5.04. The number of rotatable bonds is 3. The lowest BCUT2D eigenvalue weighted by molar-refractivity contribution is -0.385. The van der Waals surface area contributed by atoms with Gasteiger partial charge in [0.1, 0.15) is 11.6 Å². The maximum atomic E-state index is 13.1. The topological polar surface area (TPSA) is 52.4 Å². The fourth-order valence-electron chi connectivity index (χ4n) is 1.39. The number of ether oxygens (including phenoxy) is 1. The minimum Gasteiger partial charge on any atom is -0.449 e. The van der Waals surface area contributed by atoms with Crippen LogP contribution in [0.15, 0.2) is 40.9 Å². The Bertz CT molecular complexity index is 651. The SMILES string of the molecule is O=[N+]([O-])c1ccc(Cl)cc1Oc1cc(F)ccc1Br. The Labute approximate surface area is 121 Å². The van der Waals surface area contributed by atoms with Crippen molar-refractivity contribution in [3.05, 3.63) is 61.8 Å². The Balaban J connectivity index is 2.45. The van der Waals surface area contributed by atoms with E-state index in [0.29, 0.717) is 4.47 Å². The average molecular weight is 347 g/mol. The average Bonchev–Trinajstić information content (AvgIpc) is 2.33. The van der Waals surface area contributed by atoms with E-state index in [4.69, 9.17) is 16.3 Å². The summed E-state index contributed by atoms with van der Waals surface area (Å²) >= 11 is 8.94. The van der Waals surface area contributed by atoms with Crippen LogP contribution >= 0.6 is 27.5 Å². The van der Waals surface area contributed by atoms with E-state index in [9.17, 15) is 14.5 Å². The number of hydrogen-bond acceptors (Lipinski definition) is 3. The van der Waals surface area contributed by atoms with Crippen LogP contribution in [-0.2, 0) is 0 Å². The molecule has 0 heterocycles. The summed E-state index contributed by atoms with van der Waals surface area (Å²) in [6.45, 7) is 0. The molecule has 7 heteroatoms. The molecule has 2 rings (SSSR count). The fraction of sp³-hybridized carbons (Fsp3) is 0. The lowest BCUT2D eigenvalue weighted by atomic mass is 10.3. The van der Waals surface area contributed by atoms with Crippen molar-refractivity contribution in [2.45, 2.75) is 0 Å². The predicted molar refractivity (Wildman–Crippen MR) is 72.3 cm³/mol. The molecule has 98 valence electrons. The zero-order valence-electron chi connectivity index (χ0n) is 9.27. The van der Waals surface area contributed by atoms with Gasteiger partial charge in [-0.25, -0.2) is 4.39 Å². The van der Waals surface area contributed by atoms with Crippen molar-refractivity contribution in [2.24, 2.45) is 0 Å². The number of hydrogen-bond donors (Lipinski definition) is 0. The molecule has 2 aromatic carbocycles. The first kappa shape index (κ1) is 13.8. The van der Waals surface area contributed by atoms with E-state index in [1.54, 1.807) is 0 Å². The summed E-state index contributed by atoms with van der Waals surface area (Å²) in [4.78, 5) is 10.3. The summed E-state index contributed by atoms with van der Waals surface area (Å²) in [5, 5.41) is 11.2. The number of nitro groups is 1. The highest BCUT2D eigenvalue weighted by Gasteiger charge is 2.17. The Morgan fingerprint density at radius 1 is 1.21 bits per heavy atom. The van der Waals surface area contributed by atoms with E-state index in [0.717, 1.165) is 6.07 Å². The van der Waals surface area contributed by atoms with Crippen LogP contribution in [0.1, 0.15) is 0 Å². The van der Waals surface area contributed by atoms with E-state index in [1.807, 2.05) is 0 Å². The standard InChI is InChI=1S/C12H6BrClFNO3/c13-9-3-2-8(15)6-11(9)19-12-5-7(14)1-4-10(12)16(17)18/h1-6H. The molecule has 0 aromatic heterocycles. The van der Waals surface area contributed by atoms with Gasteiger partial charge in [0, 0.05) is 23.2 Å². The van der Waals surface area contributed by atoms with Crippen molar-refractivity contribution in [1.82, 2.24) is 0 Å². The Morgan fingerprint density at radius 3 is 2.63 bits per heavy atom. The van der Waals surface area contributed by atoms with Crippen molar-refractivity contribution in [1.29, 1.82) is 0 Å². The third-order valence-electron chi connectivity index (χ3n) is 2.23.